The van der Waals surface area contributed by atoms with Gasteiger partial charge in [-0.25, -0.2) is 9.97 Å². The van der Waals surface area contributed by atoms with E-state index in [0.717, 1.165) is 63.8 Å². The van der Waals surface area contributed by atoms with Crippen LogP contribution in [0.3, 0.4) is 0 Å². The predicted molar refractivity (Wildman–Crippen MR) is 104 cm³/mol. The number of aromatic amines is 1. The van der Waals surface area contributed by atoms with Gasteiger partial charge in [-0.15, -0.1) is 0 Å². The van der Waals surface area contributed by atoms with Crippen LogP contribution < -0.4 is 10.6 Å². The Morgan fingerprint density at radius 1 is 1.07 bits per heavy atom. The number of rotatable bonds is 4. The topological polar surface area (TPSA) is 91.4 Å². The Hall–Kier alpha value is -3.32. The number of aryl methyl sites for hydroxylation is 1. The Bertz CT molecular complexity index is 1120. The van der Waals surface area contributed by atoms with Crippen molar-refractivity contribution in [1.82, 2.24) is 30.2 Å². The van der Waals surface area contributed by atoms with Crippen molar-refractivity contribution in [3.05, 3.63) is 65.5 Å². The summed E-state index contributed by atoms with van der Waals surface area (Å²) >= 11 is 0. The summed E-state index contributed by atoms with van der Waals surface area (Å²) in [5.41, 5.74) is 6.05. The van der Waals surface area contributed by atoms with Gasteiger partial charge < -0.3 is 15.6 Å². The number of para-hydroxylation sites is 1. The molecule has 0 spiro atoms. The van der Waals surface area contributed by atoms with Crippen LogP contribution in [0.4, 0.5) is 5.82 Å². The lowest BCUT2D eigenvalue weighted by Crippen LogP contribution is -2.09. The van der Waals surface area contributed by atoms with E-state index in [4.69, 9.17) is 9.97 Å². The molecule has 5 rings (SSSR count). The van der Waals surface area contributed by atoms with Crippen molar-refractivity contribution in [3.8, 4) is 11.4 Å². The number of benzene rings is 1. The Kier molecular flexibility index (Phi) is 3.79. The van der Waals surface area contributed by atoms with Crippen molar-refractivity contribution >= 4 is 16.7 Å². The van der Waals surface area contributed by atoms with Crippen LogP contribution in [0.5, 0.6) is 0 Å². The van der Waals surface area contributed by atoms with E-state index < -0.39 is 0 Å². The number of aromatic nitrogens is 5. The highest BCUT2D eigenvalue weighted by Gasteiger charge is 2.20. The molecule has 134 valence electrons. The quantitative estimate of drug-likeness (QED) is 0.520. The standard InChI is InChI=1S/C20H19N7/c1-12-6-23-13(7-22-12)8-25-19-16-9-21-11-18(16)26-20(27-19)15-10-24-17-5-3-2-4-14(15)17/h2-7,10,21,24H,8-9,11H2,1H3,(H,25,26,27). The molecule has 1 aliphatic rings. The maximum absolute atomic E-state index is 4.84. The van der Waals surface area contributed by atoms with E-state index in [1.54, 1.807) is 12.4 Å². The fraction of sp³-hybridized carbons (Fsp3) is 0.200. The number of fused-ring (bicyclic) bond motifs is 2. The van der Waals surface area contributed by atoms with Gasteiger partial charge in [-0.2, -0.15) is 0 Å². The second-order valence-electron chi connectivity index (χ2n) is 6.68. The molecule has 0 unspecified atom stereocenters. The molecular weight excluding hydrogens is 338 g/mol. The van der Waals surface area contributed by atoms with Gasteiger partial charge in [0.2, 0.25) is 0 Å². The summed E-state index contributed by atoms with van der Waals surface area (Å²) in [6.45, 7) is 4.03. The molecule has 1 aliphatic heterocycles. The van der Waals surface area contributed by atoms with Crippen molar-refractivity contribution < 1.29 is 0 Å². The summed E-state index contributed by atoms with van der Waals surface area (Å²) in [5.74, 6) is 1.58. The van der Waals surface area contributed by atoms with E-state index in [0.29, 0.717) is 6.54 Å². The summed E-state index contributed by atoms with van der Waals surface area (Å²) < 4.78 is 0. The van der Waals surface area contributed by atoms with E-state index in [1.165, 1.54) is 0 Å². The molecule has 0 fully saturated rings. The van der Waals surface area contributed by atoms with E-state index in [1.807, 2.05) is 25.3 Å². The van der Waals surface area contributed by atoms with Gasteiger partial charge in [0.1, 0.15) is 5.82 Å². The van der Waals surface area contributed by atoms with E-state index in [-0.39, 0.29) is 0 Å². The summed E-state index contributed by atoms with van der Waals surface area (Å²) in [6.07, 6.45) is 5.55. The molecule has 0 bridgehead atoms. The minimum atomic E-state index is 0.573. The van der Waals surface area contributed by atoms with Gasteiger partial charge in [0.15, 0.2) is 5.82 Å². The van der Waals surface area contributed by atoms with Gasteiger partial charge in [0, 0.05) is 47.5 Å². The molecule has 3 aromatic heterocycles. The van der Waals surface area contributed by atoms with Crippen molar-refractivity contribution in [2.45, 2.75) is 26.6 Å². The van der Waals surface area contributed by atoms with Crippen LogP contribution in [-0.4, -0.2) is 24.9 Å². The molecule has 7 nitrogen and oxygen atoms in total. The molecule has 4 aromatic rings. The number of nitrogens with one attached hydrogen (secondary N) is 3. The Morgan fingerprint density at radius 3 is 2.89 bits per heavy atom. The highest BCUT2D eigenvalue weighted by Crippen LogP contribution is 2.30. The van der Waals surface area contributed by atoms with Gasteiger partial charge in [-0.05, 0) is 13.0 Å². The SMILES string of the molecule is Cc1cnc(CNc2nc(-c3c[nH]c4ccccc34)nc3c2CNC3)cn1. The highest BCUT2D eigenvalue weighted by molar-refractivity contribution is 5.93. The molecule has 0 aliphatic carbocycles. The number of H-pyrrole nitrogens is 1. The Balaban J connectivity index is 1.52. The molecular formula is C20H19N7. The van der Waals surface area contributed by atoms with Gasteiger partial charge in [0.25, 0.3) is 0 Å². The summed E-state index contributed by atoms with van der Waals surface area (Å²) in [5, 5.41) is 7.92. The second kappa shape index (κ2) is 6.44. The third-order valence-corrected chi connectivity index (χ3v) is 4.79. The second-order valence-corrected chi connectivity index (χ2v) is 6.68. The van der Waals surface area contributed by atoms with Crippen LogP contribution in [0.25, 0.3) is 22.3 Å². The molecule has 3 N–H and O–H groups in total. The van der Waals surface area contributed by atoms with Crippen molar-refractivity contribution in [2.75, 3.05) is 5.32 Å². The fourth-order valence-corrected chi connectivity index (χ4v) is 3.38. The number of hydrogen-bond donors (Lipinski definition) is 3. The molecule has 0 radical (unpaired) electrons. The average Bonchev–Trinajstić information content (AvgIpc) is 3.34. The van der Waals surface area contributed by atoms with Gasteiger partial charge in [0.05, 0.1) is 29.8 Å². The van der Waals surface area contributed by atoms with E-state index in [2.05, 4.69) is 37.7 Å². The summed E-state index contributed by atoms with van der Waals surface area (Å²) in [4.78, 5) is 21.7. The predicted octanol–water partition coefficient (Wildman–Crippen LogP) is 2.94. The normalized spacial score (nSPS) is 13.1. The Labute approximate surface area is 156 Å². The maximum Gasteiger partial charge on any atom is 0.163 e. The first kappa shape index (κ1) is 15.9. The number of anilines is 1. The lowest BCUT2D eigenvalue weighted by Gasteiger charge is -2.11. The molecule has 0 atom stereocenters. The van der Waals surface area contributed by atoms with Gasteiger partial charge >= 0.3 is 0 Å². The first-order valence-electron chi connectivity index (χ1n) is 8.96. The van der Waals surface area contributed by atoms with Crippen LogP contribution in [0.2, 0.25) is 0 Å². The monoisotopic (exact) mass is 357 g/mol. The zero-order valence-corrected chi connectivity index (χ0v) is 15.0. The lowest BCUT2D eigenvalue weighted by molar-refractivity contribution is 0.758. The van der Waals surface area contributed by atoms with E-state index in [9.17, 15) is 0 Å². The molecule has 1 aromatic carbocycles. The van der Waals surface area contributed by atoms with Crippen molar-refractivity contribution in [1.29, 1.82) is 0 Å². The first-order chi connectivity index (χ1) is 13.3. The molecule has 0 saturated carbocycles. The largest absolute Gasteiger partial charge is 0.364 e. The summed E-state index contributed by atoms with van der Waals surface area (Å²) in [6, 6.07) is 8.20. The van der Waals surface area contributed by atoms with Crippen molar-refractivity contribution in [2.24, 2.45) is 0 Å². The average molecular weight is 357 g/mol. The molecule has 0 amide bonds. The van der Waals surface area contributed by atoms with E-state index >= 15 is 0 Å². The van der Waals surface area contributed by atoms with Crippen LogP contribution in [0, 0.1) is 6.92 Å². The first-order valence-corrected chi connectivity index (χ1v) is 8.96. The van der Waals surface area contributed by atoms with Gasteiger partial charge in [-0.3, -0.25) is 9.97 Å². The lowest BCUT2D eigenvalue weighted by atomic mass is 10.1. The van der Waals surface area contributed by atoms with Crippen LogP contribution in [0.15, 0.2) is 42.9 Å². The minimum absolute atomic E-state index is 0.573. The number of hydrogen-bond acceptors (Lipinski definition) is 6. The fourth-order valence-electron chi connectivity index (χ4n) is 3.38. The third-order valence-electron chi connectivity index (χ3n) is 4.79. The van der Waals surface area contributed by atoms with Crippen LogP contribution in [0.1, 0.15) is 22.6 Å². The highest BCUT2D eigenvalue weighted by atomic mass is 15.1. The van der Waals surface area contributed by atoms with Crippen molar-refractivity contribution in [3.63, 3.8) is 0 Å². The van der Waals surface area contributed by atoms with Crippen LogP contribution >= 0.6 is 0 Å². The number of nitrogens with zero attached hydrogens (tertiary/aromatic N) is 4. The molecule has 27 heavy (non-hydrogen) atoms. The maximum atomic E-state index is 4.84. The zero-order chi connectivity index (χ0) is 18.2. The summed E-state index contributed by atoms with van der Waals surface area (Å²) in [7, 11) is 0. The minimum Gasteiger partial charge on any atom is -0.364 e. The molecule has 7 heteroatoms. The Morgan fingerprint density at radius 2 is 2.00 bits per heavy atom. The molecule has 4 heterocycles. The van der Waals surface area contributed by atoms with Gasteiger partial charge in [-0.1, -0.05) is 18.2 Å². The van der Waals surface area contributed by atoms with Crippen LogP contribution in [-0.2, 0) is 19.6 Å². The zero-order valence-electron chi connectivity index (χ0n) is 15.0. The molecule has 0 saturated heterocycles. The third kappa shape index (κ3) is 2.92. The smallest absolute Gasteiger partial charge is 0.163 e.